The Kier molecular flexibility index (Phi) is 6.19. The standard InChI is InChI=1S/C19H25F3N2O2/c20-16-5-4-13(18(21)19(16)22)8-17(26)24-10-14(15(11-24)12-25)9-23-6-2-1-3-7-23/h4-5,14-15,25H,1-3,6-12H2/t14-,15-/m0/s1. The van der Waals surface area contributed by atoms with Crippen molar-refractivity contribution in [2.75, 3.05) is 39.3 Å². The van der Waals surface area contributed by atoms with Crippen LogP contribution in [0.15, 0.2) is 12.1 Å². The van der Waals surface area contributed by atoms with Gasteiger partial charge in [-0.2, -0.15) is 0 Å². The lowest BCUT2D eigenvalue weighted by Gasteiger charge is -2.30. The number of carbonyl (C=O) groups excluding carboxylic acids is 1. The van der Waals surface area contributed by atoms with Crippen molar-refractivity contribution in [1.29, 1.82) is 0 Å². The normalized spacial score (nSPS) is 24.2. The Morgan fingerprint density at radius 2 is 1.73 bits per heavy atom. The Hall–Kier alpha value is -1.60. The Morgan fingerprint density at radius 3 is 2.42 bits per heavy atom. The number of nitrogens with zero attached hydrogens (tertiary/aromatic N) is 2. The van der Waals surface area contributed by atoms with Crippen LogP contribution in [-0.4, -0.2) is 60.1 Å². The van der Waals surface area contributed by atoms with Gasteiger partial charge in [0.1, 0.15) is 0 Å². The van der Waals surface area contributed by atoms with Crippen LogP contribution in [0.4, 0.5) is 13.2 Å². The lowest BCUT2D eigenvalue weighted by atomic mass is 9.95. The minimum atomic E-state index is -1.55. The molecule has 1 amide bonds. The predicted octanol–water partition coefficient (Wildman–Crippen LogP) is 2.20. The van der Waals surface area contributed by atoms with Gasteiger partial charge >= 0.3 is 0 Å². The minimum Gasteiger partial charge on any atom is -0.396 e. The Morgan fingerprint density at radius 1 is 1.04 bits per heavy atom. The van der Waals surface area contributed by atoms with Crippen LogP contribution >= 0.6 is 0 Å². The highest BCUT2D eigenvalue weighted by Crippen LogP contribution is 2.26. The number of carbonyl (C=O) groups is 1. The van der Waals surface area contributed by atoms with E-state index in [1.54, 1.807) is 4.90 Å². The zero-order valence-corrected chi connectivity index (χ0v) is 14.8. The zero-order valence-electron chi connectivity index (χ0n) is 14.8. The molecule has 2 aliphatic rings. The molecule has 1 aromatic rings. The Bertz CT molecular complexity index is 650. The lowest BCUT2D eigenvalue weighted by Crippen LogP contribution is -2.37. The number of hydrogen-bond donors (Lipinski definition) is 1. The molecule has 0 bridgehead atoms. The summed E-state index contributed by atoms with van der Waals surface area (Å²) in [5, 5.41) is 9.66. The monoisotopic (exact) mass is 370 g/mol. The van der Waals surface area contributed by atoms with Crippen LogP contribution in [-0.2, 0) is 11.2 Å². The summed E-state index contributed by atoms with van der Waals surface area (Å²) in [6.07, 6.45) is 3.29. The van der Waals surface area contributed by atoms with Crippen molar-refractivity contribution in [3.8, 4) is 0 Å². The van der Waals surface area contributed by atoms with Crippen molar-refractivity contribution in [1.82, 2.24) is 9.80 Å². The van der Waals surface area contributed by atoms with Crippen LogP contribution in [0, 0.1) is 29.3 Å². The molecule has 0 aliphatic carbocycles. The first kappa shape index (κ1) is 19.2. The van der Waals surface area contributed by atoms with E-state index in [2.05, 4.69) is 4.90 Å². The number of rotatable bonds is 5. The van der Waals surface area contributed by atoms with Gasteiger partial charge in [0, 0.05) is 37.7 Å². The molecule has 4 nitrogen and oxygen atoms in total. The number of piperidine rings is 1. The molecule has 2 heterocycles. The summed E-state index contributed by atoms with van der Waals surface area (Å²) in [5.74, 6) is -4.27. The molecule has 7 heteroatoms. The fourth-order valence-corrected chi connectivity index (χ4v) is 4.01. The van der Waals surface area contributed by atoms with E-state index in [0.29, 0.717) is 13.1 Å². The average Bonchev–Trinajstić information content (AvgIpc) is 3.06. The van der Waals surface area contributed by atoms with Crippen molar-refractivity contribution < 1.29 is 23.1 Å². The van der Waals surface area contributed by atoms with Gasteiger partial charge in [-0.15, -0.1) is 0 Å². The number of aliphatic hydroxyl groups excluding tert-OH is 1. The van der Waals surface area contributed by atoms with E-state index in [1.807, 2.05) is 0 Å². The Balaban J connectivity index is 1.62. The second-order valence-corrected chi connectivity index (χ2v) is 7.37. The molecule has 0 spiro atoms. The van der Waals surface area contributed by atoms with E-state index in [1.165, 1.54) is 19.3 Å². The average molecular weight is 370 g/mol. The highest BCUT2D eigenvalue weighted by molar-refractivity contribution is 5.79. The van der Waals surface area contributed by atoms with Gasteiger partial charge < -0.3 is 14.9 Å². The SMILES string of the molecule is O=C(Cc1ccc(F)c(F)c1F)N1C[C@@H](CO)[C@@H](CN2CCCCC2)C1. The van der Waals surface area contributed by atoms with Crippen LogP contribution in [0.5, 0.6) is 0 Å². The summed E-state index contributed by atoms with van der Waals surface area (Å²) in [5.41, 5.74) is -0.145. The molecule has 0 radical (unpaired) electrons. The van der Waals surface area contributed by atoms with E-state index in [9.17, 15) is 23.1 Å². The van der Waals surface area contributed by atoms with Crippen molar-refractivity contribution >= 4 is 5.91 Å². The number of halogens is 3. The number of hydrogen-bond acceptors (Lipinski definition) is 3. The van der Waals surface area contributed by atoms with Gasteiger partial charge in [-0.1, -0.05) is 12.5 Å². The first-order valence-electron chi connectivity index (χ1n) is 9.23. The molecule has 2 aliphatic heterocycles. The van der Waals surface area contributed by atoms with Crippen LogP contribution in [0.3, 0.4) is 0 Å². The third-order valence-corrected chi connectivity index (χ3v) is 5.56. The van der Waals surface area contributed by atoms with Crippen molar-refractivity contribution in [3.63, 3.8) is 0 Å². The van der Waals surface area contributed by atoms with E-state index >= 15 is 0 Å². The number of benzene rings is 1. The predicted molar refractivity (Wildman–Crippen MR) is 91.0 cm³/mol. The first-order valence-corrected chi connectivity index (χ1v) is 9.23. The second kappa shape index (κ2) is 8.39. The summed E-state index contributed by atoms with van der Waals surface area (Å²) >= 11 is 0. The van der Waals surface area contributed by atoms with E-state index in [0.717, 1.165) is 31.8 Å². The van der Waals surface area contributed by atoms with Gasteiger partial charge in [-0.3, -0.25) is 4.79 Å². The van der Waals surface area contributed by atoms with Crippen molar-refractivity contribution in [3.05, 3.63) is 35.1 Å². The highest BCUT2D eigenvalue weighted by atomic mass is 19.2. The van der Waals surface area contributed by atoms with Crippen molar-refractivity contribution in [2.24, 2.45) is 11.8 Å². The molecule has 0 aromatic heterocycles. The fourth-order valence-electron chi connectivity index (χ4n) is 4.01. The van der Waals surface area contributed by atoms with Gasteiger partial charge in [-0.05, 0) is 37.9 Å². The highest BCUT2D eigenvalue weighted by Gasteiger charge is 2.36. The molecule has 2 fully saturated rings. The molecule has 0 unspecified atom stereocenters. The van der Waals surface area contributed by atoms with Gasteiger partial charge in [0.2, 0.25) is 5.91 Å². The molecule has 1 N–H and O–H groups in total. The number of likely N-dealkylation sites (tertiary alicyclic amines) is 2. The molecule has 1 aromatic carbocycles. The second-order valence-electron chi connectivity index (χ2n) is 7.37. The number of aliphatic hydroxyl groups is 1. The molecule has 26 heavy (non-hydrogen) atoms. The maximum Gasteiger partial charge on any atom is 0.227 e. The molecular formula is C19H25F3N2O2. The van der Waals surface area contributed by atoms with Crippen LogP contribution in [0.25, 0.3) is 0 Å². The van der Waals surface area contributed by atoms with E-state index < -0.39 is 17.5 Å². The van der Waals surface area contributed by atoms with Gasteiger partial charge in [-0.25, -0.2) is 13.2 Å². The van der Waals surface area contributed by atoms with E-state index in [4.69, 9.17) is 0 Å². The lowest BCUT2D eigenvalue weighted by molar-refractivity contribution is -0.129. The van der Waals surface area contributed by atoms with E-state index in [-0.39, 0.29) is 36.3 Å². The minimum absolute atomic E-state index is 0.00181. The largest absolute Gasteiger partial charge is 0.396 e. The molecular weight excluding hydrogens is 345 g/mol. The number of amides is 1. The summed E-state index contributed by atoms with van der Waals surface area (Å²) in [7, 11) is 0. The molecule has 2 saturated heterocycles. The third kappa shape index (κ3) is 4.20. The summed E-state index contributed by atoms with van der Waals surface area (Å²) in [6.45, 7) is 3.85. The zero-order chi connectivity index (χ0) is 18.7. The van der Waals surface area contributed by atoms with Crippen LogP contribution in [0.2, 0.25) is 0 Å². The molecule has 144 valence electrons. The van der Waals surface area contributed by atoms with Crippen molar-refractivity contribution in [2.45, 2.75) is 25.7 Å². The maximum atomic E-state index is 13.8. The van der Waals surface area contributed by atoms with Gasteiger partial charge in [0.25, 0.3) is 0 Å². The smallest absolute Gasteiger partial charge is 0.227 e. The molecule has 0 saturated carbocycles. The molecule has 2 atom stereocenters. The van der Waals surface area contributed by atoms with Crippen LogP contribution in [0.1, 0.15) is 24.8 Å². The summed E-state index contributed by atoms with van der Waals surface area (Å²) in [6, 6.07) is 1.94. The summed E-state index contributed by atoms with van der Waals surface area (Å²) in [4.78, 5) is 16.5. The Labute approximate surface area is 151 Å². The quantitative estimate of drug-likeness (QED) is 0.809. The first-order chi connectivity index (χ1) is 12.5. The third-order valence-electron chi connectivity index (χ3n) is 5.56. The van der Waals surface area contributed by atoms with Gasteiger partial charge in [0.15, 0.2) is 17.5 Å². The fraction of sp³-hybridized carbons (Fsp3) is 0.632. The molecule has 3 rings (SSSR count). The topological polar surface area (TPSA) is 43.8 Å². The van der Waals surface area contributed by atoms with Gasteiger partial charge in [0.05, 0.1) is 6.42 Å². The van der Waals surface area contributed by atoms with Crippen LogP contribution < -0.4 is 0 Å². The summed E-state index contributed by atoms with van der Waals surface area (Å²) < 4.78 is 40.2. The maximum absolute atomic E-state index is 13.8.